The van der Waals surface area contributed by atoms with Crippen LogP contribution in [0.1, 0.15) is 29.4 Å². The van der Waals surface area contributed by atoms with Gasteiger partial charge in [-0.05, 0) is 19.9 Å². The van der Waals surface area contributed by atoms with Crippen LogP contribution in [0.5, 0.6) is 5.88 Å². The fraction of sp³-hybridized carbons (Fsp3) is 0.385. The molecule has 4 nitrogen and oxygen atoms in total. The highest BCUT2D eigenvalue weighted by Crippen LogP contribution is 2.17. The molecule has 0 aliphatic heterocycles. The first-order chi connectivity index (χ1) is 8.69. The van der Waals surface area contributed by atoms with Gasteiger partial charge in [-0.1, -0.05) is 6.07 Å². The van der Waals surface area contributed by atoms with Gasteiger partial charge in [0.1, 0.15) is 5.01 Å². The second-order valence-corrected chi connectivity index (χ2v) is 4.99. The summed E-state index contributed by atoms with van der Waals surface area (Å²) < 4.78 is 5.10. The van der Waals surface area contributed by atoms with Crippen LogP contribution in [0.3, 0.4) is 0 Å². The summed E-state index contributed by atoms with van der Waals surface area (Å²) in [6, 6.07) is 6.00. The zero-order valence-corrected chi connectivity index (χ0v) is 11.6. The van der Waals surface area contributed by atoms with Gasteiger partial charge in [-0.3, -0.25) is 0 Å². The Labute approximate surface area is 111 Å². The zero-order chi connectivity index (χ0) is 13.0. The number of ether oxygens (including phenoxy) is 1. The summed E-state index contributed by atoms with van der Waals surface area (Å²) in [6.45, 7) is 4.83. The first-order valence-electron chi connectivity index (χ1n) is 5.84. The Morgan fingerprint density at radius 1 is 1.39 bits per heavy atom. The van der Waals surface area contributed by atoms with Crippen molar-refractivity contribution in [2.75, 3.05) is 7.11 Å². The lowest BCUT2D eigenvalue weighted by molar-refractivity contribution is 0.395. The summed E-state index contributed by atoms with van der Waals surface area (Å²) in [4.78, 5) is 8.83. The highest BCUT2D eigenvalue weighted by Gasteiger charge is 2.09. The summed E-state index contributed by atoms with van der Waals surface area (Å²) in [5.74, 6) is 0.645. The van der Waals surface area contributed by atoms with Gasteiger partial charge in [0.2, 0.25) is 5.88 Å². The van der Waals surface area contributed by atoms with Crippen LogP contribution in [-0.4, -0.2) is 17.1 Å². The van der Waals surface area contributed by atoms with E-state index in [-0.39, 0.29) is 6.04 Å². The number of nitrogens with one attached hydrogen (secondary N) is 1. The second kappa shape index (κ2) is 5.93. The Bertz CT molecular complexity index is 512. The third kappa shape index (κ3) is 3.27. The van der Waals surface area contributed by atoms with E-state index in [0.29, 0.717) is 12.4 Å². The molecular weight excluding hydrogens is 246 g/mol. The Morgan fingerprint density at radius 3 is 2.89 bits per heavy atom. The van der Waals surface area contributed by atoms with Crippen molar-refractivity contribution in [3.63, 3.8) is 0 Å². The van der Waals surface area contributed by atoms with Crippen LogP contribution < -0.4 is 10.1 Å². The Balaban J connectivity index is 1.94. The molecule has 0 spiro atoms. The summed E-state index contributed by atoms with van der Waals surface area (Å²) in [5.41, 5.74) is 2.04. The van der Waals surface area contributed by atoms with Crippen molar-refractivity contribution in [1.29, 1.82) is 0 Å². The van der Waals surface area contributed by atoms with Gasteiger partial charge in [-0.2, -0.15) is 0 Å². The summed E-state index contributed by atoms with van der Waals surface area (Å²) in [7, 11) is 1.63. The van der Waals surface area contributed by atoms with Crippen LogP contribution in [0.25, 0.3) is 0 Å². The van der Waals surface area contributed by atoms with E-state index in [1.165, 1.54) is 0 Å². The molecule has 0 bridgehead atoms. The maximum atomic E-state index is 5.10. The van der Waals surface area contributed by atoms with E-state index in [1.54, 1.807) is 18.4 Å². The van der Waals surface area contributed by atoms with Crippen LogP contribution in [0, 0.1) is 6.92 Å². The van der Waals surface area contributed by atoms with Crippen LogP contribution >= 0.6 is 11.3 Å². The molecule has 0 aliphatic rings. The SMILES string of the molecule is COc1cccc(CNC(C)c2nc(C)cs2)n1. The van der Waals surface area contributed by atoms with E-state index in [1.807, 2.05) is 25.1 Å². The quantitative estimate of drug-likeness (QED) is 0.901. The molecule has 2 rings (SSSR count). The molecule has 0 radical (unpaired) electrons. The molecular formula is C13H17N3OS. The van der Waals surface area contributed by atoms with Gasteiger partial charge >= 0.3 is 0 Å². The van der Waals surface area contributed by atoms with Crippen molar-refractivity contribution in [1.82, 2.24) is 15.3 Å². The average molecular weight is 263 g/mol. The number of thiazole rings is 1. The first-order valence-corrected chi connectivity index (χ1v) is 6.72. The third-order valence-corrected chi connectivity index (χ3v) is 3.73. The molecule has 0 amide bonds. The minimum Gasteiger partial charge on any atom is -0.481 e. The van der Waals surface area contributed by atoms with Gasteiger partial charge in [-0.25, -0.2) is 9.97 Å². The fourth-order valence-corrected chi connectivity index (χ4v) is 2.41. The molecule has 0 fully saturated rings. The summed E-state index contributed by atoms with van der Waals surface area (Å²) in [6.07, 6.45) is 0. The highest BCUT2D eigenvalue weighted by atomic mass is 32.1. The lowest BCUT2D eigenvalue weighted by Gasteiger charge is -2.11. The van der Waals surface area contributed by atoms with E-state index in [2.05, 4.69) is 27.6 Å². The van der Waals surface area contributed by atoms with E-state index >= 15 is 0 Å². The van der Waals surface area contributed by atoms with Crippen molar-refractivity contribution in [2.24, 2.45) is 0 Å². The van der Waals surface area contributed by atoms with Crippen molar-refractivity contribution in [2.45, 2.75) is 26.4 Å². The standard InChI is InChI=1S/C13H17N3OS/c1-9-8-18-13(15-9)10(2)14-7-11-5-4-6-12(16-11)17-3/h4-6,8,10,14H,7H2,1-3H3. The first kappa shape index (κ1) is 13.0. The molecule has 1 unspecified atom stereocenters. The Hall–Kier alpha value is -1.46. The van der Waals surface area contributed by atoms with Gasteiger partial charge in [0.05, 0.1) is 18.8 Å². The lowest BCUT2D eigenvalue weighted by atomic mass is 10.3. The van der Waals surface area contributed by atoms with Crippen molar-refractivity contribution < 1.29 is 4.74 Å². The van der Waals surface area contributed by atoms with Crippen molar-refractivity contribution >= 4 is 11.3 Å². The number of methoxy groups -OCH3 is 1. The van der Waals surface area contributed by atoms with Crippen LogP contribution in [0.2, 0.25) is 0 Å². The molecule has 1 atom stereocenters. The zero-order valence-electron chi connectivity index (χ0n) is 10.8. The fourth-order valence-electron chi connectivity index (χ4n) is 1.59. The maximum Gasteiger partial charge on any atom is 0.213 e. The van der Waals surface area contributed by atoms with Crippen molar-refractivity contribution in [3.8, 4) is 5.88 Å². The average Bonchev–Trinajstić information content (AvgIpc) is 2.83. The minimum atomic E-state index is 0.233. The van der Waals surface area contributed by atoms with Crippen molar-refractivity contribution in [3.05, 3.63) is 40.0 Å². The molecule has 96 valence electrons. The van der Waals surface area contributed by atoms with Crippen LogP contribution in [0.15, 0.2) is 23.6 Å². The number of aryl methyl sites for hydroxylation is 1. The number of hydrogen-bond donors (Lipinski definition) is 1. The number of pyridine rings is 1. The normalized spacial score (nSPS) is 12.4. The predicted octanol–water partition coefficient (Wildman–Crippen LogP) is 2.71. The molecule has 1 N–H and O–H groups in total. The van der Waals surface area contributed by atoms with Gasteiger partial charge in [0.25, 0.3) is 0 Å². The molecule has 0 aliphatic carbocycles. The smallest absolute Gasteiger partial charge is 0.213 e. The monoisotopic (exact) mass is 263 g/mol. The lowest BCUT2D eigenvalue weighted by Crippen LogP contribution is -2.18. The molecule has 18 heavy (non-hydrogen) atoms. The van der Waals surface area contributed by atoms with Gasteiger partial charge in [0.15, 0.2) is 0 Å². The number of rotatable bonds is 5. The molecule has 0 saturated carbocycles. The van der Waals surface area contributed by atoms with E-state index < -0.39 is 0 Å². The van der Waals surface area contributed by atoms with Gasteiger partial charge in [-0.15, -0.1) is 11.3 Å². The van der Waals surface area contributed by atoms with Gasteiger partial charge < -0.3 is 10.1 Å². The number of aromatic nitrogens is 2. The topological polar surface area (TPSA) is 47.0 Å². The molecule has 0 saturated heterocycles. The van der Waals surface area contributed by atoms with E-state index in [0.717, 1.165) is 16.4 Å². The van der Waals surface area contributed by atoms with Gasteiger partial charge in [0, 0.05) is 23.7 Å². The van der Waals surface area contributed by atoms with Crippen LogP contribution in [0.4, 0.5) is 0 Å². The number of hydrogen-bond acceptors (Lipinski definition) is 5. The summed E-state index contributed by atoms with van der Waals surface area (Å²) in [5, 5.41) is 6.58. The third-order valence-electron chi connectivity index (χ3n) is 2.59. The minimum absolute atomic E-state index is 0.233. The van der Waals surface area contributed by atoms with E-state index in [4.69, 9.17) is 4.74 Å². The Kier molecular flexibility index (Phi) is 4.28. The summed E-state index contributed by atoms with van der Waals surface area (Å²) >= 11 is 1.68. The second-order valence-electron chi connectivity index (χ2n) is 4.10. The number of nitrogens with zero attached hydrogens (tertiary/aromatic N) is 2. The molecule has 2 heterocycles. The maximum absolute atomic E-state index is 5.10. The molecule has 5 heteroatoms. The van der Waals surface area contributed by atoms with Crippen LogP contribution in [-0.2, 0) is 6.54 Å². The molecule has 2 aromatic rings. The largest absolute Gasteiger partial charge is 0.481 e. The molecule has 2 aromatic heterocycles. The molecule has 0 aromatic carbocycles. The predicted molar refractivity (Wildman–Crippen MR) is 72.9 cm³/mol. The highest BCUT2D eigenvalue weighted by molar-refractivity contribution is 7.09. The Morgan fingerprint density at radius 2 is 2.22 bits per heavy atom. The van der Waals surface area contributed by atoms with E-state index in [9.17, 15) is 0 Å².